The van der Waals surface area contributed by atoms with Gasteiger partial charge in [0.1, 0.15) is 5.52 Å². The van der Waals surface area contributed by atoms with Crippen molar-refractivity contribution < 1.29 is 0 Å². The number of hydrogen-bond donors (Lipinski definition) is 0. The number of nitrogens with zero attached hydrogens (tertiary/aromatic N) is 3. The van der Waals surface area contributed by atoms with Crippen molar-refractivity contribution in [2.24, 2.45) is 0 Å². The van der Waals surface area contributed by atoms with E-state index in [-0.39, 0.29) is 0 Å². The molecule has 0 saturated carbocycles. The van der Waals surface area contributed by atoms with Crippen LogP contribution in [0, 0.1) is 0 Å². The number of anilines is 1. The largest absolute Gasteiger partial charge is 0.367 e. The minimum atomic E-state index is 0.603. The molecule has 0 amide bonds. The maximum Gasteiger partial charge on any atom is 0.112 e. The number of halogens is 1. The van der Waals surface area contributed by atoms with E-state index in [1.807, 2.05) is 18.5 Å². The molecule has 0 N–H and O–H groups in total. The molecule has 1 aliphatic rings. The van der Waals surface area contributed by atoms with Gasteiger partial charge in [0.15, 0.2) is 0 Å². The normalized spacial score (nSPS) is 20.1. The Morgan fingerprint density at radius 1 is 1.41 bits per heavy atom. The van der Waals surface area contributed by atoms with Gasteiger partial charge in [0.25, 0.3) is 0 Å². The van der Waals surface area contributed by atoms with E-state index in [9.17, 15) is 0 Å². The predicted molar refractivity (Wildman–Crippen MR) is 73.3 cm³/mol. The van der Waals surface area contributed by atoms with Crippen molar-refractivity contribution in [1.82, 2.24) is 9.97 Å². The lowest BCUT2D eigenvalue weighted by molar-refractivity contribution is 0.736. The predicted octanol–water partition coefficient (Wildman–Crippen LogP) is 3.38. The molecule has 0 bridgehead atoms. The van der Waals surface area contributed by atoms with E-state index >= 15 is 0 Å². The fraction of sp³-hybridized carbons (Fsp3) is 0.385. The zero-order valence-corrected chi connectivity index (χ0v) is 11.3. The SMILES string of the molecule is CC1CCCN1c1ccnc2cc(Br)cnc12. The molecule has 3 heterocycles. The van der Waals surface area contributed by atoms with E-state index in [4.69, 9.17) is 0 Å². The lowest BCUT2D eigenvalue weighted by atomic mass is 10.2. The highest BCUT2D eigenvalue weighted by Crippen LogP contribution is 2.30. The molecule has 4 heteroatoms. The highest BCUT2D eigenvalue weighted by atomic mass is 79.9. The molecule has 1 fully saturated rings. The van der Waals surface area contributed by atoms with E-state index in [1.165, 1.54) is 18.5 Å². The van der Waals surface area contributed by atoms with E-state index in [2.05, 4.69) is 43.8 Å². The third-order valence-electron chi connectivity index (χ3n) is 3.39. The Morgan fingerprint density at radius 3 is 3.06 bits per heavy atom. The van der Waals surface area contributed by atoms with Crippen LogP contribution >= 0.6 is 15.9 Å². The van der Waals surface area contributed by atoms with Gasteiger partial charge >= 0.3 is 0 Å². The summed E-state index contributed by atoms with van der Waals surface area (Å²) < 4.78 is 0.976. The summed E-state index contributed by atoms with van der Waals surface area (Å²) in [7, 11) is 0. The maximum absolute atomic E-state index is 4.51. The minimum Gasteiger partial charge on any atom is -0.367 e. The first-order valence-electron chi connectivity index (χ1n) is 5.92. The third-order valence-corrected chi connectivity index (χ3v) is 3.82. The quantitative estimate of drug-likeness (QED) is 0.807. The van der Waals surface area contributed by atoms with Crippen LogP contribution in [0.15, 0.2) is 29.0 Å². The van der Waals surface area contributed by atoms with Crippen LogP contribution in [0.4, 0.5) is 5.69 Å². The van der Waals surface area contributed by atoms with Gasteiger partial charge in [0.05, 0.1) is 11.2 Å². The molecule has 0 aliphatic carbocycles. The Hall–Kier alpha value is -1.16. The molecule has 0 aromatic carbocycles. The van der Waals surface area contributed by atoms with Crippen molar-refractivity contribution in [3.8, 4) is 0 Å². The van der Waals surface area contributed by atoms with Crippen molar-refractivity contribution in [3.05, 3.63) is 29.0 Å². The second-order valence-electron chi connectivity index (χ2n) is 4.54. The van der Waals surface area contributed by atoms with Crippen LogP contribution < -0.4 is 4.90 Å². The molecule has 3 nitrogen and oxygen atoms in total. The van der Waals surface area contributed by atoms with Crippen LogP contribution in [0.25, 0.3) is 11.0 Å². The monoisotopic (exact) mass is 291 g/mol. The molecule has 1 aliphatic heterocycles. The van der Waals surface area contributed by atoms with Crippen molar-refractivity contribution >= 4 is 32.7 Å². The Bertz CT molecular complexity index is 555. The smallest absolute Gasteiger partial charge is 0.112 e. The number of aromatic nitrogens is 2. The van der Waals surface area contributed by atoms with Gasteiger partial charge in [-0.1, -0.05) is 0 Å². The Morgan fingerprint density at radius 2 is 2.29 bits per heavy atom. The fourth-order valence-corrected chi connectivity index (χ4v) is 2.83. The van der Waals surface area contributed by atoms with E-state index in [1.54, 1.807) is 0 Å². The van der Waals surface area contributed by atoms with Gasteiger partial charge in [-0.3, -0.25) is 9.97 Å². The first-order valence-corrected chi connectivity index (χ1v) is 6.72. The molecular weight excluding hydrogens is 278 g/mol. The first kappa shape index (κ1) is 11.0. The summed E-state index contributed by atoms with van der Waals surface area (Å²) in [6.45, 7) is 3.40. The molecule has 1 saturated heterocycles. The van der Waals surface area contributed by atoms with Crippen molar-refractivity contribution in [2.75, 3.05) is 11.4 Å². The minimum absolute atomic E-state index is 0.603. The zero-order chi connectivity index (χ0) is 11.8. The Balaban J connectivity index is 2.16. The molecule has 88 valence electrons. The van der Waals surface area contributed by atoms with Crippen LogP contribution in [0.5, 0.6) is 0 Å². The van der Waals surface area contributed by atoms with Crippen LogP contribution in [-0.2, 0) is 0 Å². The van der Waals surface area contributed by atoms with Crippen molar-refractivity contribution in [3.63, 3.8) is 0 Å². The van der Waals surface area contributed by atoms with Crippen molar-refractivity contribution in [2.45, 2.75) is 25.8 Å². The Labute approximate surface area is 109 Å². The average Bonchev–Trinajstić information content (AvgIpc) is 2.74. The van der Waals surface area contributed by atoms with Gasteiger partial charge in [-0.15, -0.1) is 0 Å². The number of fused-ring (bicyclic) bond motifs is 1. The second kappa shape index (κ2) is 4.26. The van der Waals surface area contributed by atoms with E-state index in [0.29, 0.717) is 6.04 Å². The molecule has 1 atom stereocenters. The topological polar surface area (TPSA) is 29.0 Å². The summed E-state index contributed by atoms with van der Waals surface area (Å²) in [6.07, 6.45) is 6.24. The fourth-order valence-electron chi connectivity index (χ4n) is 2.51. The summed E-state index contributed by atoms with van der Waals surface area (Å²) in [6, 6.07) is 4.70. The van der Waals surface area contributed by atoms with Crippen LogP contribution in [0.3, 0.4) is 0 Å². The molecular formula is C13H14BrN3. The number of pyridine rings is 2. The summed E-state index contributed by atoms with van der Waals surface area (Å²) in [5.41, 5.74) is 3.17. The van der Waals surface area contributed by atoms with Crippen molar-refractivity contribution in [1.29, 1.82) is 0 Å². The second-order valence-corrected chi connectivity index (χ2v) is 5.45. The van der Waals surface area contributed by atoms with Crippen LogP contribution in [0.1, 0.15) is 19.8 Å². The molecule has 3 rings (SSSR count). The standard InChI is InChI=1S/C13H14BrN3/c1-9-3-2-6-17(9)12-4-5-15-11-7-10(14)8-16-13(11)12/h4-5,7-9H,2-3,6H2,1H3. The van der Waals surface area contributed by atoms with Crippen LogP contribution in [0.2, 0.25) is 0 Å². The lowest BCUT2D eigenvalue weighted by Gasteiger charge is -2.24. The summed E-state index contributed by atoms with van der Waals surface area (Å²) >= 11 is 3.44. The molecule has 1 unspecified atom stereocenters. The van der Waals surface area contributed by atoms with Gasteiger partial charge in [0.2, 0.25) is 0 Å². The maximum atomic E-state index is 4.51. The Kier molecular flexibility index (Phi) is 2.74. The van der Waals surface area contributed by atoms with Crippen LogP contribution in [-0.4, -0.2) is 22.6 Å². The highest BCUT2D eigenvalue weighted by molar-refractivity contribution is 9.10. The zero-order valence-electron chi connectivity index (χ0n) is 9.73. The van der Waals surface area contributed by atoms with Gasteiger partial charge < -0.3 is 4.90 Å². The summed E-state index contributed by atoms with van der Waals surface area (Å²) in [5.74, 6) is 0. The third kappa shape index (κ3) is 1.90. The molecule has 0 radical (unpaired) electrons. The average molecular weight is 292 g/mol. The molecule has 2 aromatic heterocycles. The summed E-state index contributed by atoms with van der Waals surface area (Å²) in [5, 5.41) is 0. The van der Waals surface area contributed by atoms with Gasteiger partial charge in [0, 0.05) is 29.5 Å². The van der Waals surface area contributed by atoms with Gasteiger partial charge in [-0.05, 0) is 47.8 Å². The summed E-state index contributed by atoms with van der Waals surface area (Å²) in [4.78, 5) is 11.3. The van der Waals surface area contributed by atoms with Gasteiger partial charge in [-0.2, -0.15) is 0 Å². The van der Waals surface area contributed by atoms with E-state index in [0.717, 1.165) is 22.1 Å². The first-order chi connectivity index (χ1) is 8.25. The molecule has 17 heavy (non-hydrogen) atoms. The number of hydrogen-bond acceptors (Lipinski definition) is 3. The number of rotatable bonds is 1. The lowest BCUT2D eigenvalue weighted by Crippen LogP contribution is -2.26. The molecule has 2 aromatic rings. The molecule has 0 spiro atoms. The highest BCUT2D eigenvalue weighted by Gasteiger charge is 2.22. The van der Waals surface area contributed by atoms with E-state index < -0.39 is 0 Å². The van der Waals surface area contributed by atoms with Gasteiger partial charge in [-0.25, -0.2) is 0 Å².